The predicted octanol–water partition coefficient (Wildman–Crippen LogP) is 1.15. The van der Waals surface area contributed by atoms with Gasteiger partial charge in [-0.25, -0.2) is 9.97 Å². The summed E-state index contributed by atoms with van der Waals surface area (Å²) in [5.74, 6) is -0.926. The third-order valence-electron chi connectivity index (χ3n) is 3.73. The van der Waals surface area contributed by atoms with E-state index in [-0.39, 0.29) is 22.9 Å². The van der Waals surface area contributed by atoms with Crippen molar-refractivity contribution in [1.29, 1.82) is 0 Å². The van der Waals surface area contributed by atoms with Crippen molar-refractivity contribution in [3.8, 4) is 28.5 Å². The molecular formula is C18H11N6O2-. The standard InChI is InChI=1S/C18H12N6O2/c25-18(26)15-14(11-19-16(20-15)12-7-3-1-4-8-12)17-21-22-23-24(17)13-9-5-2-6-10-13/h1-11H,(H,25,26)/p-1. The number of nitrogens with zero attached hydrogens (tertiary/aromatic N) is 6. The predicted molar refractivity (Wildman–Crippen MR) is 89.9 cm³/mol. The van der Waals surface area contributed by atoms with Gasteiger partial charge in [0.1, 0.15) is 5.69 Å². The molecule has 26 heavy (non-hydrogen) atoms. The van der Waals surface area contributed by atoms with Crippen LogP contribution in [0.1, 0.15) is 10.5 Å². The van der Waals surface area contributed by atoms with E-state index in [0.29, 0.717) is 11.3 Å². The summed E-state index contributed by atoms with van der Waals surface area (Å²) in [6, 6.07) is 18.2. The Labute approximate surface area is 147 Å². The van der Waals surface area contributed by atoms with E-state index in [0.717, 1.165) is 0 Å². The van der Waals surface area contributed by atoms with Crippen molar-refractivity contribution < 1.29 is 9.90 Å². The van der Waals surface area contributed by atoms with Crippen LogP contribution in [0, 0.1) is 0 Å². The minimum absolute atomic E-state index is 0.179. The average molecular weight is 343 g/mol. The molecule has 8 heteroatoms. The minimum atomic E-state index is -1.43. The highest BCUT2D eigenvalue weighted by Gasteiger charge is 2.18. The molecule has 0 radical (unpaired) electrons. The smallest absolute Gasteiger partial charge is 0.190 e. The van der Waals surface area contributed by atoms with Crippen LogP contribution in [-0.2, 0) is 0 Å². The van der Waals surface area contributed by atoms with Crippen LogP contribution < -0.4 is 5.11 Å². The number of para-hydroxylation sites is 1. The van der Waals surface area contributed by atoms with Crippen molar-refractivity contribution in [3.05, 3.63) is 72.6 Å². The maximum atomic E-state index is 11.7. The lowest BCUT2D eigenvalue weighted by molar-refractivity contribution is -0.255. The summed E-state index contributed by atoms with van der Waals surface area (Å²) >= 11 is 0. The lowest BCUT2D eigenvalue weighted by atomic mass is 10.1. The SMILES string of the molecule is O=C([O-])c1nc(-c2ccccc2)ncc1-c1nnnn1-c1ccccc1. The van der Waals surface area contributed by atoms with Gasteiger partial charge in [-0.1, -0.05) is 48.5 Å². The van der Waals surface area contributed by atoms with Gasteiger partial charge in [0, 0.05) is 11.8 Å². The topological polar surface area (TPSA) is 110 Å². The monoisotopic (exact) mass is 343 g/mol. The summed E-state index contributed by atoms with van der Waals surface area (Å²) < 4.78 is 1.42. The number of rotatable bonds is 4. The van der Waals surface area contributed by atoms with Crippen molar-refractivity contribution in [3.63, 3.8) is 0 Å². The second kappa shape index (κ2) is 6.52. The second-order valence-electron chi connectivity index (χ2n) is 5.36. The number of carbonyl (C=O) groups excluding carboxylic acids is 1. The molecule has 0 bridgehead atoms. The number of carboxylic acids is 1. The van der Waals surface area contributed by atoms with Gasteiger partial charge < -0.3 is 9.90 Å². The third kappa shape index (κ3) is 2.80. The minimum Gasteiger partial charge on any atom is -0.543 e. The highest BCUT2D eigenvalue weighted by atomic mass is 16.4. The fourth-order valence-corrected chi connectivity index (χ4v) is 2.53. The number of tetrazole rings is 1. The van der Waals surface area contributed by atoms with Gasteiger partial charge in [0.25, 0.3) is 0 Å². The van der Waals surface area contributed by atoms with Crippen molar-refractivity contribution in [2.24, 2.45) is 0 Å². The highest BCUT2D eigenvalue weighted by molar-refractivity contribution is 5.91. The van der Waals surface area contributed by atoms with Crippen LogP contribution in [0.4, 0.5) is 0 Å². The van der Waals surface area contributed by atoms with E-state index in [1.807, 2.05) is 36.4 Å². The van der Waals surface area contributed by atoms with E-state index in [1.165, 1.54) is 10.9 Å². The Morgan fingerprint density at radius 2 is 1.65 bits per heavy atom. The van der Waals surface area contributed by atoms with Crippen LogP contribution in [0.15, 0.2) is 66.9 Å². The number of carboxylic acid groups (broad SMARTS) is 1. The van der Waals surface area contributed by atoms with Gasteiger partial charge in [-0.2, -0.15) is 4.68 Å². The molecule has 0 aliphatic rings. The van der Waals surface area contributed by atoms with E-state index in [2.05, 4.69) is 25.5 Å². The van der Waals surface area contributed by atoms with Crippen molar-refractivity contribution in [2.45, 2.75) is 0 Å². The zero-order valence-corrected chi connectivity index (χ0v) is 13.4. The first kappa shape index (κ1) is 15.6. The maximum Gasteiger partial charge on any atom is 0.190 e. The summed E-state index contributed by atoms with van der Waals surface area (Å²) in [4.78, 5) is 20.1. The Morgan fingerprint density at radius 1 is 0.962 bits per heavy atom. The highest BCUT2D eigenvalue weighted by Crippen LogP contribution is 2.24. The second-order valence-corrected chi connectivity index (χ2v) is 5.36. The molecule has 2 heterocycles. The summed E-state index contributed by atoms with van der Waals surface area (Å²) in [5, 5.41) is 23.2. The van der Waals surface area contributed by atoms with Gasteiger partial charge in [-0.15, -0.1) is 5.10 Å². The van der Waals surface area contributed by atoms with Crippen molar-refractivity contribution in [2.75, 3.05) is 0 Å². The molecule has 0 atom stereocenters. The number of hydrogen-bond donors (Lipinski definition) is 0. The molecule has 0 aliphatic carbocycles. The zero-order valence-electron chi connectivity index (χ0n) is 13.4. The Kier molecular flexibility index (Phi) is 3.91. The van der Waals surface area contributed by atoms with Gasteiger partial charge in [0.15, 0.2) is 11.6 Å². The Bertz CT molecular complexity index is 1060. The van der Waals surface area contributed by atoms with Crippen LogP contribution in [0.25, 0.3) is 28.5 Å². The first-order valence-electron chi connectivity index (χ1n) is 7.72. The number of hydrogen-bond acceptors (Lipinski definition) is 7. The van der Waals surface area contributed by atoms with Gasteiger partial charge >= 0.3 is 0 Å². The van der Waals surface area contributed by atoms with Gasteiger partial charge in [-0.3, -0.25) is 0 Å². The van der Waals surface area contributed by atoms with E-state index >= 15 is 0 Å². The van der Waals surface area contributed by atoms with Crippen LogP contribution in [0.2, 0.25) is 0 Å². The van der Waals surface area contributed by atoms with E-state index in [9.17, 15) is 9.90 Å². The van der Waals surface area contributed by atoms with Crippen LogP contribution >= 0.6 is 0 Å². The molecule has 0 saturated heterocycles. The molecule has 126 valence electrons. The molecule has 2 aromatic carbocycles. The number of aromatic nitrogens is 6. The fourth-order valence-electron chi connectivity index (χ4n) is 2.53. The number of benzene rings is 2. The molecule has 8 nitrogen and oxygen atoms in total. The summed E-state index contributed by atoms with van der Waals surface area (Å²) in [5.41, 5.74) is 1.29. The summed E-state index contributed by atoms with van der Waals surface area (Å²) in [6.45, 7) is 0. The van der Waals surface area contributed by atoms with Crippen molar-refractivity contribution >= 4 is 5.97 Å². The van der Waals surface area contributed by atoms with Crippen LogP contribution in [-0.4, -0.2) is 36.1 Å². The lowest BCUT2D eigenvalue weighted by Gasteiger charge is -2.11. The summed E-state index contributed by atoms with van der Waals surface area (Å²) in [7, 11) is 0. The van der Waals surface area contributed by atoms with E-state index in [4.69, 9.17) is 0 Å². The lowest BCUT2D eigenvalue weighted by Crippen LogP contribution is -2.25. The number of carbonyl (C=O) groups is 1. The molecule has 0 N–H and O–H groups in total. The molecule has 0 spiro atoms. The average Bonchev–Trinajstić information content (AvgIpc) is 3.18. The van der Waals surface area contributed by atoms with Crippen LogP contribution in [0.3, 0.4) is 0 Å². The largest absolute Gasteiger partial charge is 0.543 e. The molecule has 0 unspecified atom stereocenters. The maximum absolute atomic E-state index is 11.7. The summed E-state index contributed by atoms with van der Waals surface area (Å²) in [6.07, 6.45) is 1.39. The molecular weight excluding hydrogens is 332 g/mol. The van der Waals surface area contributed by atoms with Crippen LogP contribution in [0.5, 0.6) is 0 Å². The Morgan fingerprint density at radius 3 is 2.35 bits per heavy atom. The fraction of sp³-hybridized carbons (Fsp3) is 0. The van der Waals surface area contributed by atoms with E-state index in [1.54, 1.807) is 24.3 Å². The molecule has 0 fully saturated rings. The molecule has 4 aromatic rings. The Balaban J connectivity index is 1.86. The molecule has 0 amide bonds. The number of aromatic carboxylic acids is 1. The van der Waals surface area contributed by atoms with Gasteiger partial charge in [0.05, 0.1) is 17.2 Å². The molecule has 0 saturated carbocycles. The van der Waals surface area contributed by atoms with Gasteiger partial charge in [-0.05, 0) is 22.6 Å². The molecule has 0 aliphatic heterocycles. The van der Waals surface area contributed by atoms with Gasteiger partial charge in [0.2, 0.25) is 0 Å². The Hall–Kier alpha value is -3.94. The quantitative estimate of drug-likeness (QED) is 0.546. The first-order valence-corrected chi connectivity index (χ1v) is 7.72. The van der Waals surface area contributed by atoms with E-state index < -0.39 is 5.97 Å². The molecule has 4 rings (SSSR count). The molecule has 2 aromatic heterocycles. The zero-order chi connectivity index (χ0) is 17.9. The van der Waals surface area contributed by atoms with Crippen molar-refractivity contribution in [1.82, 2.24) is 30.2 Å². The third-order valence-corrected chi connectivity index (χ3v) is 3.73. The first-order chi connectivity index (χ1) is 12.7. The normalized spacial score (nSPS) is 10.6.